The Morgan fingerprint density at radius 2 is 1.00 bits per heavy atom. The van der Waals surface area contributed by atoms with Gasteiger partial charge >= 0.3 is 269 Å². The average Bonchev–Trinajstić information content (AvgIpc) is 3.78. The number of para-hydroxylation sites is 2. The number of rotatable bonds is 4. The van der Waals surface area contributed by atoms with Gasteiger partial charge in [-0.3, -0.25) is 0 Å². The zero-order valence-electron chi connectivity index (χ0n) is 25.4. The summed E-state index contributed by atoms with van der Waals surface area (Å²) in [5, 5.41) is 2.48. The predicted octanol–water partition coefficient (Wildman–Crippen LogP) is 11.4. The van der Waals surface area contributed by atoms with Crippen LogP contribution < -0.4 is 0 Å². The van der Waals surface area contributed by atoms with Gasteiger partial charge in [-0.2, -0.15) is 0 Å². The summed E-state index contributed by atoms with van der Waals surface area (Å²) in [4.78, 5) is 0. The average molecular weight is 709 g/mol. The molecule has 0 spiro atoms. The Balaban J connectivity index is 1.33. The van der Waals surface area contributed by atoms with E-state index in [9.17, 15) is 0 Å². The maximum atomic E-state index is 8.46. The van der Waals surface area contributed by atoms with Gasteiger partial charge in [-0.15, -0.1) is 0 Å². The number of halogens is 2. The van der Waals surface area contributed by atoms with E-state index in [1.165, 1.54) is 66.6 Å². The molecule has 4 aromatic carbocycles. The van der Waals surface area contributed by atoms with Gasteiger partial charge in [0.15, 0.2) is 0 Å². The molecule has 2 aliphatic carbocycles. The van der Waals surface area contributed by atoms with E-state index in [1.54, 1.807) is 0 Å². The third-order valence-electron chi connectivity index (χ3n) is 10.2. The number of fused-ring (bicyclic) bond motifs is 4. The molecule has 2 aliphatic rings. The van der Waals surface area contributed by atoms with Crippen molar-refractivity contribution in [2.75, 3.05) is 0 Å². The van der Waals surface area contributed by atoms with Crippen LogP contribution in [-0.2, 0) is 15.0 Å². The van der Waals surface area contributed by atoms with Crippen molar-refractivity contribution in [3.05, 3.63) is 143 Å². The third-order valence-corrected chi connectivity index (χ3v) is 57.2. The van der Waals surface area contributed by atoms with Crippen molar-refractivity contribution in [3.63, 3.8) is 0 Å². The van der Waals surface area contributed by atoms with Crippen molar-refractivity contribution < 1.29 is 15.0 Å². The van der Waals surface area contributed by atoms with Gasteiger partial charge in [-0.05, 0) is 0 Å². The van der Waals surface area contributed by atoms with Crippen LogP contribution in [0.4, 0.5) is 0 Å². The van der Waals surface area contributed by atoms with Gasteiger partial charge in [0.25, 0.3) is 0 Å². The minimum atomic E-state index is -4.79. The normalized spacial score (nSPS) is 18.0. The molecule has 0 amide bonds. The topological polar surface area (TPSA) is 9.86 Å². The van der Waals surface area contributed by atoms with Crippen molar-refractivity contribution >= 4 is 56.4 Å². The second-order valence-corrected chi connectivity index (χ2v) is 51.6. The molecule has 0 saturated heterocycles. The summed E-state index contributed by atoms with van der Waals surface area (Å²) in [6, 6.07) is 35.0. The molecule has 218 valence electrons. The standard InChI is InChI=1S/2C18H14N.C2H6Si.2ClH.Zr/c2*1-13-11-15-6-4-8-18(16(15)12-13)19-10-9-14-5-2-3-7-17(14)19;1-3-2;;;/h2*2-12H,1H3;1-2H3;2*1H;/q;;;;;+2/p-2. The van der Waals surface area contributed by atoms with E-state index in [-0.39, 0.29) is 7.25 Å². The summed E-state index contributed by atoms with van der Waals surface area (Å²) in [6.07, 6.45) is 9.13. The fourth-order valence-corrected chi connectivity index (χ4v) is 38.7. The SMILES string of the molecule is CC1=Cc2c(cccc2-n2ccc3ccccc32)[CH]1[Zr]([Cl])([Cl])([CH]1C(C)=Cc2c1cccc2-n1ccc2ccccc21)=[Si](C)C. The molecule has 2 atom stereocenters. The van der Waals surface area contributed by atoms with Crippen molar-refractivity contribution in [1.29, 1.82) is 0 Å². The van der Waals surface area contributed by atoms with Gasteiger partial charge in [0.1, 0.15) is 0 Å². The zero-order valence-corrected chi connectivity index (χ0v) is 30.3. The molecule has 2 aromatic heterocycles. The summed E-state index contributed by atoms with van der Waals surface area (Å²) in [5.74, 6) is 0. The van der Waals surface area contributed by atoms with Gasteiger partial charge in [0.05, 0.1) is 0 Å². The molecule has 0 radical (unpaired) electrons. The molecular weight excluding hydrogens is 675 g/mol. The fourth-order valence-electron chi connectivity index (χ4n) is 8.23. The first-order chi connectivity index (χ1) is 21.2. The molecule has 8 rings (SSSR count). The number of hydrogen-bond acceptors (Lipinski definition) is 0. The Labute approximate surface area is 267 Å². The molecule has 6 aromatic rings. The van der Waals surface area contributed by atoms with Crippen molar-refractivity contribution in [1.82, 2.24) is 9.13 Å². The van der Waals surface area contributed by atoms with E-state index in [2.05, 4.69) is 158 Å². The van der Waals surface area contributed by atoms with Crippen LogP contribution in [0.3, 0.4) is 0 Å². The van der Waals surface area contributed by atoms with Crippen LogP contribution in [0.15, 0.2) is 121 Å². The van der Waals surface area contributed by atoms with Gasteiger partial charge in [0, 0.05) is 0 Å². The van der Waals surface area contributed by atoms with E-state index in [1.807, 2.05) is 0 Å². The molecule has 0 aliphatic heterocycles. The molecular formula is C38H34Cl2N2SiZr. The Hall–Kier alpha value is -2.88. The summed E-state index contributed by atoms with van der Waals surface area (Å²) < 4.78 is 4.74. The second kappa shape index (κ2) is 10.1. The number of benzene rings is 4. The summed E-state index contributed by atoms with van der Waals surface area (Å²) in [6.45, 7) is 9.28. The van der Waals surface area contributed by atoms with E-state index >= 15 is 0 Å². The minimum absolute atomic E-state index is 0.0517. The zero-order chi connectivity index (χ0) is 30.4. The third kappa shape index (κ3) is 3.88. The Kier molecular flexibility index (Phi) is 6.54. The number of nitrogens with zero attached hydrogens (tertiary/aromatic N) is 2. The summed E-state index contributed by atoms with van der Waals surface area (Å²) in [7, 11) is 16.9. The van der Waals surface area contributed by atoms with Gasteiger partial charge in [-0.25, -0.2) is 0 Å². The number of aromatic nitrogens is 2. The predicted molar refractivity (Wildman–Crippen MR) is 189 cm³/mol. The quantitative estimate of drug-likeness (QED) is 0.161. The summed E-state index contributed by atoms with van der Waals surface area (Å²) in [5.41, 5.74) is 11.4. The molecule has 2 heterocycles. The second-order valence-electron chi connectivity index (χ2n) is 12.8. The van der Waals surface area contributed by atoms with Crippen LogP contribution in [0, 0.1) is 0 Å². The Bertz CT molecular complexity index is 2160. The molecule has 0 saturated carbocycles. The summed E-state index contributed by atoms with van der Waals surface area (Å²) >= 11 is -4.79. The van der Waals surface area contributed by atoms with Gasteiger partial charge in [-0.1, -0.05) is 0 Å². The first kappa shape index (κ1) is 28.6. The van der Waals surface area contributed by atoms with Gasteiger partial charge in [0.2, 0.25) is 0 Å². The Morgan fingerprint density at radius 3 is 1.43 bits per heavy atom. The van der Waals surface area contributed by atoms with Crippen LogP contribution >= 0.6 is 17.0 Å². The van der Waals surface area contributed by atoms with Crippen LogP contribution in [-0.4, -0.2) is 14.6 Å². The number of allylic oxidation sites excluding steroid dienone is 2. The van der Waals surface area contributed by atoms with Crippen LogP contribution in [0.1, 0.15) is 43.4 Å². The van der Waals surface area contributed by atoms with Crippen molar-refractivity contribution in [3.8, 4) is 11.4 Å². The first-order valence-electron chi connectivity index (χ1n) is 15.3. The monoisotopic (exact) mass is 706 g/mol. The molecule has 0 bridgehead atoms. The van der Waals surface area contributed by atoms with Gasteiger partial charge < -0.3 is 0 Å². The van der Waals surface area contributed by atoms with Crippen molar-refractivity contribution in [2.24, 2.45) is 0 Å². The molecule has 6 heteroatoms. The van der Waals surface area contributed by atoms with Crippen LogP contribution in [0.5, 0.6) is 0 Å². The molecule has 2 nitrogen and oxygen atoms in total. The molecule has 0 N–H and O–H groups in total. The fraction of sp³-hybridized carbons (Fsp3) is 0.158. The molecule has 0 fully saturated rings. The van der Waals surface area contributed by atoms with Crippen LogP contribution in [0.25, 0.3) is 45.3 Å². The van der Waals surface area contributed by atoms with E-state index < -0.39 is 20.4 Å². The van der Waals surface area contributed by atoms with E-state index in [0.717, 1.165) is 0 Å². The Morgan fingerprint density at radius 1 is 0.568 bits per heavy atom. The number of hydrogen-bond donors (Lipinski definition) is 0. The van der Waals surface area contributed by atoms with Crippen molar-refractivity contribution in [2.45, 2.75) is 34.2 Å². The van der Waals surface area contributed by atoms with E-state index in [0.29, 0.717) is 0 Å². The molecule has 44 heavy (non-hydrogen) atoms. The molecule has 2 unspecified atom stereocenters. The van der Waals surface area contributed by atoms with E-state index in [4.69, 9.17) is 17.0 Å². The first-order valence-corrected chi connectivity index (χ1v) is 30.7. The maximum absolute atomic E-state index is 8.46. The van der Waals surface area contributed by atoms with Crippen LogP contribution in [0.2, 0.25) is 13.1 Å².